The summed E-state index contributed by atoms with van der Waals surface area (Å²) in [5.74, 6) is -0.496. The molecule has 8 heteroatoms. The van der Waals surface area contributed by atoms with Crippen LogP contribution in [0.25, 0.3) is 0 Å². The van der Waals surface area contributed by atoms with Crippen LogP contribution in [0.15, 0.2) is 6.07 Å². The number of rotatable bonds is 6. The van der Waals surface area contributed by atoms with E-state index < -0.39 is 5.97 Å². The molecule has 8 nitrogen and oxygen atoms in total. The predicted molar refractivity (Wildman–Crippen MR) is 75.8 cm³/mol. The van der Waals surface area contributed by atoms with Crippen molar-refractivity contribution in [3.05, 3.63) is 28.8 Å². The third kappa shape index (κ3) is 3.10. The lowest BCUT2D eigenvalue weighted by atomic mass is 10.2. The van der Waals surface area contributed by atoms with Crippen molar-refractivity contribution in [1.82, 2.24) is 24.8 Å². The highest BCUT2D eigenvalue weighted by Gasteiger charge is 2.20. The number of methoxy groups -OCH3 is 1. The minimum Gasteiger partial charge on any atom is -0.464 e. The van der Waals surface area contributed by atoms with Gasteiger partial charge < -0.3 is 10.5 Å². The van der Waals surface area contributed by atoms with Gasteiger partial charge in [-0.3, -0.25) is 4.68 Å². The zero-order valence-electron chi connectivity index (χ0n) is 12.5. The molecule has 114 valence electrons. The fourth-order valence-electron chi connectivity index (χ4n) is 2.14. The van der Waals surface area contributed by atoms with E-state index in [0.29, 0.717) is 25.2 Å². The van der Waals surface area contributed by atoms with Crippen molar-refractivity contribution >= 4 is 5.97 Å². The molecule has 0 aliphatic heterocycles. The molecule has 0 fully saturated rings. The second-order valence-corrected chi connectivity index (χ2v) is 4.68. The smallest absolute Gasteiger partial charge is 0.360 e. The number of aryl methyl sites for hydroxylation is 2. The highest BCUT2D eigenvalue weighted by Crippen LogP contribution is 2.12. The fraction of sp³-hybridized carbons (Fsp3) is 0.538. The van der Waals surface area contributed by atoms with Crippen LogP contribution in [0.4, 0.5) is 0 Å². The monoisotopic (exact) mass is 292 g/mol. The fourth-order valence-corrected chi connectivity index (χ4v) is 2.14. The van der Waals surface area contributed by atoms with Gasteiger partial charge >= 0.3 is 5.97 Å². The summed E-state index contributed by atoms with van der Waals surface area (Å²) >= 11 is 0. The molecular weight excluding hydrogens is 272 g/mol. The molecule has 2 N–H and O–H groups in total. The van der Waals surface area contributed by atoms with Gasteiger partial charge in [-0.25, -0.2) is 9.48 Å². The molecule has 0 radical (unpaired) electrons. The largest absolute Gasteiger partial charge is 0.464 e. The van der Waals surface area contributed by atoms with E-state index in [0.717, 1.165) is 17.8 Å². The average Bonchev–Trinajstić information content (AvgIpc) is 3.04. The number of esters is 1. The van der Waals surface area contributed by atoms with Crippen LogP contribution in [0, 0.1) is 0 Å². The Balaban J connectivity index is 2.32. The van der Waals surface area contributed by atoms with Crippen LogP contribution in [0.5, 0.6) is 0 Å². The zero-order chi connectivity index (χ0) is 15.4. The summed E-state index contributed by atoms with van der Waals surface area (Å²) in [6.07, 6.45) is 1.38. The van der Waals surface area contributed by atoms with Crippen LogP contribution in [0.2, 0.25) is 0 Å². The molecule has 2 aromatic rings. The van der Waals surface area contributed by atoms with E-state index in [9.17, 15) is 4.79 Å². The van der Waals surface area contributed by atoms with Crippen LogP contribution in [-0.2, 0) is 31.2 Å². The van der Waals surface area contributed by atoms with Gasteiger partial charge in [0.25, 0.3) is 0 Å². The van der Waals surface area contributed by atoms with Crippen molar-refractivity contribution in [2.45, 2.75) is 26.3 Å². The van der Waals surface area contributed by atoms with Gasteiger partial charge in [-0.05, 0) is 19.0 Å². The molecule has 0 saturated carbocycles. The highest BCUT2D eigenvalue weighted by atomic mass is 16.5. The van der Waals surface area contributed by atoms with Crippen molar-refractivity contribution in [1.29, 1.82) is 0 Å². The van der Waals surface area contributed by atoms with E-state index in [-0.39, 0.29) is 5.69 Å². The maximum atomic E-state index is 11.7. The standard InChI is InChI=1S/C13H20N6O2/c1-4-9-7-10(18(2)16-9)8-19-11(5-6-14)12(15-17-19)13(20)21-3/h7H,4-6,8,14H2,1-3H3. The highest BCUT2D eigenvalue weighted by molar-refractivity contribution is 5.88. The first-order chi connectivity index (χ1) is 10.1. The zero-order valence-corrected chi connectivity index (χ0v) is 12.5. The number of ether oxygens (including phenoxy) is 1. The number of hydrogen-bond donors (Lipinski definition) is 1. The maximum absolute atomic E-state index is 11.7. The molecule has 0 amide bonds. The first kappa shape index (κ1) is 15.2. The first-order valence-electron chi connectivity index (χ1n) is 6.83. The van der Waals surface area contributed by atoms with Crippen LogP contribution in [0.1, 0.15) is 34.5 Å². The summed E-state index contributed by atoms with van der Waals surface area (Å²) < 4.78 is 8.21. The first-order valence-corrected chi connectivity index (χ1v) is 6.83. The molecule has 2 heterocycles. The van der Waals surface area contributed by atoms with E-state index >= 15 is 0 Å². The number of hydrogen-bond acceptors (Lipinski definition) is 6. The summed E-state index contributed by atoms with van der Waals surface area (Å²) in [7, 11) is 3.21. The minimum absolute atomic E-state index is 0.223. The van der Waals surface area contributed by atoms with E-state index in [1.54, 1.807) is 4.68 Å². The van der Waals surface area contributed by atoms with Gasteiger partial charge in [0, 0.05) is 13.5 Å². The summed E-state index contributed by atoms with van der Waals surface area (Å²) in [6.45, 7) is 2.95. The van der Waals surface area contributed by atoms with Crippen LogP contribution in [0.3, 0.4) is 0 Å². The van der Waals surface area contributed by atoms with Crippen molar-refractivity contribution in [3.63, 3.8) is 0 Å². The lowest BCUT2D eigenvalue weighted by molar-refractivity contribution is 0.0592. The SMILES string of the molecule is CCc1cc(Cn2nnc(C(=O)OC)c2CCN)n(C)n1. The third-order valence-corrected chi connectivity index (χ3v) is 3.30. The minimum atomic E-state index is -0.496. The second kappa shape index (κ2) is 6.49. The Bertz CT molecular complexity index is 631. The van der Waals surface area contributed by atoms with Crippen LogP contribution in [-0.4, -0.2) is 44.4 Å². The van der Waals surface area contributed by atoms with E-state index in [1.165, 1.54) is 7.11 Å². The average molecular weight is 292 g/mol. The molecule has 0 aromatic carbocycles. The molecule has 0 aliphatic carbocycles. The Labute approximate surface area is 122 Å². The number of carbonyl (C=O) groups excluding carboxylic acids is 1. The van der Waals surface area contributed by atoms with Gasteiger partial charge in [0.15, 0.2) is 5.69 Å². The van der Waals surface area contributed by atoms with E-state index in [1.807, 2.05) is 17.8 Å². The lowest BCUT2D eigenvalue weighted by Crippen LogP contribution is -2.15. The lowest BCUT2D eigenvalue weighted by Gasteiger charge is -2.06. The van der Waals surface area contributed by atoms with Crippen molar-refractivity contribution in [3.8, 4) is 0 Å². The van der Waals surface area contributed by atoms with Crippen LogP contribution < -0.4 is 5.73 Å². The summed E-state index contributed by atoms with van der Waals surface area (Å²) in [5, 5.41) is 12.4. The molecule has 0 bridgehead atoms. The van der Waals surface area contributed by atoms with Gasteiger partial charge in [0.05, 0.1) is 30.7 Å². The number of aromatic nitrogens is 5. The maximum Gasteiger partial charge on any atom is 0.360 e. The Morgan fingerprint density at radius 2 is 2.24 bits per heavy atom. The van der Waals surface area contributed by atoms with Crippen LogP contribution >= 0.6 is 0 Å². The Morgan fingerprint density at radius 3 is 2.81 bits per heavy atom. The molecule has 2 rings (SSSR count). The normalized spacial score (nSPS) is 10.9. The molecule has 0 aliphatic rings. The summed E-state index contributed by atoms with van der Waals surface area (Å²) in [5.41, 5.74) is 8.52. The number of carbonyl (C=O) groups is 1. The molecule has 0 atom stereocenters. The Kier molecular flexibility index (Phi) is 4.69. The van der Waals surface area contributed by atoms with Crippen molar-refractivity contribution in [2.75, 3.05) is 13.7 Å². The second-order valence-electron chi connectivity index (χ2n) is 4.68. The molecular formula is C13H20N6O2. The van der Waals surface area contributed by atoms with Crippen molar-refractivity contribution < 1.29 is 9.53 Å². The number of nitrogens with zero attached hydrogens (tertiary/aromatic N) is 5. The topological polar surface area (TPSA) is 101 Å². The summed E-state index contributed by atoms with van der Waals surface area (Å²) in [6, 6.07) is 2.02. The molecule has 0 saturated heterocycles. The molecule has 2 aromatic heterocycles. The molecule has 0 spiro atoms. The number of nitrogens with two attached hydrogens (primary N) is 1. The summed E-state index contributed by atoms with van der Waals surface area (Å²) in [4.78, 5) is 11.7. The van der Waals surface area contributed by atoms with E-state index in [4.69, 9.17) is 10.5 Å². The predicted octanol–water partition coefficient (Wildman–Crippen LogP) is -0.0899. The van der Waals surface area contributed by atoms with Gasteiger partial charge in [-0.2, -0.15) is 5.10 Å². The molecule has 0 unspecified atom stereocenters. The quantitative estimate of drug-likeness (QED) is 0.747. The Hall–Kier alpha value is -2.22. The van der Waals surface area contributed by atoms with Gasteiger partial charge in [0.2, 0.25) is 0 Å². The van der Waals surface area contributed by atoms with Gasteiger partial charge in [-0.1, -0.05) is 12.1 Å². The molecule has 21 heavy (non-hydrogen) atoms. The van der Waals surface area contributed by atoms with Crippen molar-refractivity contribution in [2.24, 2.45) is 12.8 Å². The Morgan fingerprint density at radius 1 is 1.48 bits per heavy atom. The van der Waals surface area contributed by atoms with Gasteiger partial charge in [-0.15, -0.1) is 5.10 Å². The van der Waals surface area contributed by atoms with E-state index in [2.05, 4.69) is 22.3 Å². The van der Waals surface area contributed by atoms with Gasteiger partial charge in [0.1, 0.15) is 0 Å². The third-order valence-electron chi connectivity index (χ3n) is 3.30.